The van der Waals surface area contributed by atoms with Gasteiger partial charge in [-0.15, -0.1) is 0 Å². The van der Waals surface area contributed by atoms with Gasteiger partial charge in [0.05, 0.1) is 0 Å². The van der Waals surface area contributed by atoms with Crippen LogP contribution in [0.3, 0.4) is 0 Å². The molecule has 0 aromatic heterocycles. The van der Waals surface area contributed by atoms with E-state index in [1.54, 1.807) is 0 Å². The molecule has 0 spiro atoms. The van der Waals surface area contributed by atoms with Crippen LogP contribution in [0.4, 0.5) is 0 Å². The van der Waals surface area contributed by atoms with Gasteiger partial charge < -0.3 is 0 Å². The Labute approximate surface area is 157 Å². The fourth-order valence-corrected chi connectivity index (χ4v) is 7.96. The molecule has 3 saturated carbocycles. The van der Waals surface area contributed by atoms with E-state index in [1.165, 1.54) is 37.9 Å². The zero-order valence-corrected chi connectivity index (χ0v) is 16.6. The van der Waals surface area contributed by atoms with Crippen molar-refractivity contribution in [3.8, 4) is 0 Å². The highest BCUT2D eigenvalue weighted by atomic mass is 16.1. The smallest absolute Gasteiger partial charge is 0.155 e. The van der Waals surface area contributed by atoms with Gasteiger partial charge >= 0.3 is 0 Å². The number of nitrogens with zero attached hydrogens (tertiary/aromatic N) is 1. The van der Waals surface area contributed by atoms with Crippen LogP contribution in [-0.2, 0) is 9.59 Å². The number of carbonyl (C=O) groups excluding carboxylic acids is 2. The van der Waals surface area contributed by atoms with Crippen molar-refractivity contribution in [2.45, 2.75) is 71.8 Å². The molecule has 142 valence electrons. The maximum atomic E-state index is 12.4. The molecule has 5 rings (SSSR count). The fourth-order valence-electron chi connectivity index (χ4n) is 7.96. The number of hydrogen-bond donors (Lipinski definition) is 0. The molecule has 3 nitrogen and oxygen atoms in total. The van der Waals surface area contributed by atoms with Crippen LogP contribution < -0.4 is 0 Å². The van der Waals surface area contributed by atoms with Crippen molar-refractivity contribution < 1.29 is 9.59 Å². The van der Waals surface area contributed by atoms with E-state index in [-0.39, 0.29) is 16.7 Å². The van der Waals surface area contributed by atoms with Gasteiger partial charge in [0.2, 0.25) is 0 Å². The van der Waals surface area contributed by atoms with Crippen LogP contribution in [0, 0.1) is 34.5 Å². The third kappa shape index (κ3) is 2.22. The van der Waals surface area contributed by atoms with Gasteiger partial charge in [-0.2, -0.15) is 0 Å². The first-order valence-electron chi connectivity index (χ1n) is 10.8. The van der Waals surface area contributed by atoms with Gasteiger partial charge in [-0.1, -0.05) is 19.4 Å². The minimum Gasteiger partial charge on any atom is -0.300 e. The average Bonchev–Trinajstić information content (AvgIpc) is 3.36. The van der Waals surface area contributed by atoms with E-state index in [0.29, 0.717) is 29.4 Å². The summed E-state index contributed by atoms with van der Waals surface area (Å²) in [5.41, 5.74) is 1.89. The standard InChI is InChI=1S/C23H33NO2/c1-14(25)17-4-5-18-21-19(7-9-23(17,18)3)22(2)8-6-16(26)12-15(22)13-20(21)24-10-11-24/h12,17-21H,4-11,13H2,1-3H3/t17-,18+,19+,20?,21+,22+,23-/m1/s1. The second-order valence-corrected chi connectivity index (χ2v) is 10.4. The highest BCUT2D eigenvalue weighted by molar-refractivity contribution is 5.91. The van der Waals surface area contributed by atoms with Crippen LogP contribution in [-0.4, -0.2) is 35.6 Å². The number of hydrogen-bond acceptors (Lipinski definition) is 3. The predicted molar refractivity (Wildman–Crippen MR) is 102 cm³/mol. The number of rotatable bonds is 2. The Morgan fingerprint density at radius 1 is 1.12 bits per heavy atom. The van der Waals surface area contributed by atoms with E-state index in [2.05, 4.69) is 18.7 Å². The van der Waals surface area contributed by atoms with Crippen molar-refractivity contribution in [3.63, 3.8) is 0 Å². The molecule has 1 unspecified atom stereocenters. The van der Waals surface area contributed by atoms with E-state index < -0.39 is 0 Å². The molecule has 4 fully saturated rings. The van der Waals surface area contributed by atoms with E-state index in [0.717, 1.165) is 31.6 Å². The summed E-state index contributed by atoms with van der Waals surface area (Å²) in [5.74, 6) is 3.15. The van der Waals surface area contributed by atoms with Gasteiger partial charge in [0.25, 0.3) is 0 Å². The molecule has 0 radical (unpaired) electrons. The van der Waals surface area contributed by atoms with Crippen molar-refractivity contribution in [3.05, 3.63) is 11.6 Å². The summed E-state index contributed by atoms with van der Waals surface area (Å²) in [7, 11) is 0. The molecule has 7 atom stereocenters. The first kappa shape index (κ1) is 17.2. The summed E-state index contributed by atoms with van der Waals surface area (Å²) >= 11 is 0. The van der Waals surface area contributed by atoms with Crippen LogP contribution in [0.25, 0.3) is 0 Å². The molecule has 1 heterocycles. The first-order valence-corrected chi connectivity index (χ1v) is 10.8. The fraction of sp³-hybridized carbons (Fsp3) is 0.826. The highest BCUT2D eigenvalue weighted by Gasteiger charge is 2.63. The van der Waals surface area contributed by atoms with Gasteiger partial charge in [0, 0.05) is 31.5 Å². The Kier molecular flexibility index (Phi) is 3.65. The normalized spacial score (nSPS) is 50.5. The lowest BCUT2D eigenvalue weighted by Crippen LogP contribution is -2.57. The second-order valence-electron chi connectivity index (χ2n) is 10.4. The maximum absolute atomic E-state index is 12.4. The second kappa shape index (κ2) is 5.53. The molecule has 1 saturated heterocycles. The van der Waals surface area contributed by atoms with Crippen LogP contribution in [0.1, 0.15) is 65.7 Å². The SMILES string of the molecule is CC(=O)[C@H]1CC[C@H]2[C@@H]3C(N4CC4)CC4=CC(=O)CC[C@]4(C)[C@H]3CC[C@]12C. The van der Waals surface area contributed by atoms with Gasteiger partial charge in [-0.3, -0.25) is 14.5 Å². The molecule has 0 amide bonds. The molecule has 4 aliphatic carbocycles. The van der Waals surface area contributed by atoms with Crippen LogP contribution in [0.2, 0.25) is 0 Å². The van der Waals surface area contributed by atoms with Gasteiger partial charge in [0.15, 0.2) is 5.78 Å². The molecule has 1 aliphatic heterocycles. The lowest BCUT2D eigenvalue weighted by atomic mass is 9.45. The van der Waals surface area contributed by atoms with E-state index >= 15 is 0 Å². The van der Waals surface area contributed by atoms with Crippen LogP contribution in [0.5, 0.6) is 0 Å². The Balaban J connectivity index is 1.56. The molecule has 3 heteroatoms. The van der Waals surface area contributed by atoms with Gasteiger partial charge in [0.1, 0.15) is 5.78 Å². The van der Waals surface area contributed by atoms with Gasteiger partial charge in [-0.25, -0.2) is 0 Å². The number of carbonyl (C=O) groups is 2. The zero-order valence-electron chi connectivity index (χ0n) is 16.6. The Morgan fingerprint density at radius 3 is 2.58 bits per heavy atom. The Hall–Kier alpha value is -0.960. The summed E-state index contributed by atoms with van der Waals surface area (Å²) in [6.07, 6.45) is 9.68. The molecular formula is C23H33NO2. The summed E-state index contributed by atoms with van der Waals surface area (Å²) in [5, 5.41) is 0. The maximum Gasteiger partial charge on any atom is 0.155 e. The molecule has 0 bridgehead atoms. The quantitative estimate of drug-likeness (QED) is 0.702. The van der Waals surface area contributed by atoms with Crippen molar-refractivity contribution in [1.82, 2.24) is 4.90 Å². The van der Waals surface area contributed by atoms with Crippen molar-refractivity contribution in [1.29, 1.82) is 0 Å². The number of ketones is 2. The van der Waals surface area contributed by atoms with Crippen molar-refractivity contribution in [2.24, 2.45) is 34.5 Å². The van der Waals surface area contributed by atoms with Gasteiger partial charge in [-0.05, 0) is 80.1 Å². The minimum absolute atomic E-state index is 0.212. The summed E-state index contributed by atoms with van der Waals surface area (Å²) in [6.45, 7) is 9.17. The van der Waals surface area contributed by atoms with E-state index in [9.17, 15) is 9.59 Å². The topological polar surface area (TPSA) is 37.1 Å². The van der Waals surface area contributed by atoms with E-state index in [4.69, 9.17) is 0 Å². The van der Waals surface area contributed by atoms with Crippen molar-refractivity contribution >= 4 is 11.6 Å². The molecule has 0 aromatic carbocycles. The number of fused-ring (bicyclic) bond motifs is 5. The van der Waals surface area contributed by atoms with Crippen molar-refractivity contribution in [2.75, 3.05) is 13.1 Å². The molecule has 0 N–H and O–H groups in total. The number of Topliss-reactive ketones (excluding diaryl/α,β-unsaturated/α-hetero) is 1. The highest BCUT2D eigenvalue weighted by Crippen LogP contribution is 2.67. The Morgan fingerprint density at radius 2 is 1.88 bits per heavy atom. The Bertz CT molecular complexity index is 692. The molecular weight excluding hydrogens is 322 g/mol. The lowest BCUT2D eigenvalue weighted by molar-refractivity contribution is -0.130. The summed E-state index contributed by atoms with van der Waals surface area (Å²) in [6, 6.07) is 0.612. The van der Waals surface area contributed by atoms with Crippen LogP contribution in [0.15, 0.2) is 11.6 Å². The molecule has 26 heavy (non-hydrogen) atoms. The minimum atomic E-state index is 0.212. The average molecular weight is 356 g/mol. The first-order chi connectivity index (χ1) is 12.3. The van der Waals surface area contributed by atoms with Crippen LogP contribution >= 0.6 is 0 Å². The summed E-state index contributed by atoms with van der Waals surface area (Å²) < 4.78 is 0. The summed E-state index contributed by atoms with van der Waals surface area (Å²) in [4.78, 5) is 27.2. The largest absolute Gasteiger partial charge is 0.300 e. The third-order valence-electron chi connectivity index (χ3n) is 9.43. The lowest BCUT2D eigenvalue weighted by Gasteiger charge is -2.60. The third-order valence-corrected chi connectivity index (χ3v) is 9.43. The monoisotopic (exact) mass is 355 g/mol. The molecule has 5 aliphatic rings. The predicted octanol–water partition coefficient (Wildman–Crippen LogP) is 4.02. The zero-order chi connectivity index (χ0) is 18.3. The molecule has 0 aromatic rings. The van der Waals surface area contributed by atoms with E-state index in [1.807, 2.05) is 13.0 Å².